The van der Waals surface area contributed by atoms with Crippen molar-refractivity contribution in [3.8, 4) is 0 Å². The molecule has 4 rings (SSSR count). The first-order chi connectivity index (χ1) is 18.6. The molecule has 2 atom stereocenters. The predicted molar refractivity (Wildman–Crippen MR) is 162 cm³/mol. The van der Waals surface area contributed by atoms with Crippen molar-refractivity contribution >= 4 is 53.2 Å². The summed E-state index contributed by atoms with van der Waals surface area (Å²) in [7, 11) is 0. The molecule has 212 valence electrons. The van der Waals surface area contributed by atoms with Gasteiger partial charge in [0.2, 0.25) is 0 Å². The molecule has 1 heterocycles. The van der Waals surface area contributed by atoms with E-state index in [1.54, 1.807) is 47.4 Å². The first-order valence-corrected chi connectivity index (χ1v) is 13.5. The molecular formula is C31H35Cl2N3O4. The molecule has 1 aliphatic rings. The topological polar surface area (TPSA) is 102 Å². The number of benzene rings is 3. The third kappa shape index (κ3) is 6.84. The van der Waals surface area contributed by atoms with Gasteiger partial charge in [-0.1, -0.05) is 43.6 Å². The number of amides is 2. The van der Waals surface area contributed by atoms with Crippen molar-refractivity contribution in [3.63, 3.8) is 0 Å². The number of carbonyl (C=O) groups is 3. The van der Waals surface area contributed by atoms with E-state index in [1.807, 2.05) is 45.9 Å². The van der Waals surface area contributed by atoms with Gasteiger partial charge in [-0.25, -0.2) is 0 Å². The molecular weight excluding hydrogens is 549 g/mol. The van der Waals surface area contributed by atoms with Crippen LogP contribution < -0.4 is 16.0 Å². The minimum Gasteiger partial charge on any atom is -0.456 e. The second kappa shape index (κ2) is 13.3. The minimum atomic E-state index is -0.735. The lowest BCUT2D eigenvalue weighted by Gasteiger charge is -2.26. The molecule has 0 spiro atoms. The number of esters is 1. The minimum absolute atomic E-state index is 0. The van der Waals surface area contributed by atoms with E-state index < -0.39 is 18.1 Å². The van der Waals surface area contributed by atoms with Gasteiger partial charge in [0.1, 0.15) is 12.1 Å². The van der Waals surface area contributed by atoms with Crippen molar-refractivity contribution in [2.24, 2.45) is 11.7 Å². The Labute approximate surface area is 246 Å². The van der Waals surface area contributed by atoms with Gasteiger partial charge in [-0.2, -0.15) is 0 Å². The van der Waals surface area contributed by atoms with Crippen molar-refractivity contribution in [1.82, 2.24) is 0 Å². The van der Waals surface area contributed by atoms with Crippen LogP contribution in [0.25, 0.3) is 0 Å². The maximum Gasteiger partial charge on any atom is 0.323 e. The first kappa shape index (κ1) is 31.1. The molecule has 0 saturated carbocycles. The van der Waals surface area contributed by atoms with Crippen molar-refractivity contribution in [3.05, 3.63) is 93.5 Å². The third-order valence-electron chi connectivity index (χ3n) is 7.07. The lowest BCUT2D eigenvalue weighted by Crippen LogP contribution is -2.37. The number of nitrogens with zero attached hydrogens (tertiary/aromatic N) is 1. The highest BCUT2D eigenvalue weighted by Crippen LogP contribution is 2.38. The Hall–Kier alpha value is -3.39. The number of nitrogens with one attached hydrogen (secondary N) is 1. The highest BCUT2D eigenvalue weighted by Gasteiger charge is 2.31. The van der Waals surface area contributed by atoms with Crippen LogP contribution in [-0.2, 0) is 9.53 Å². The largest absolute Gasteiger partial charge is 0.456 e. The van der Waals surface area contributed by atoms with Gasteiger partial charge in [0.15, 0.2) is 0 Å². The lowest BCUT2D eigenvalue weighted by molar-refractivity contribution is -0.152. The standard InChI is InChI=1S/C31H34ClN3O4.ClH/c1-18(2)28(33)31(38)39-27-10-7-15-35(26-14-11-21(32)17-25(26)27)30(37)24-13-12-22(16-20(24)4)34-29(36)23-9-6-5-8-19(23)3;/h5-6,8-9,11-14,16-18,27-28H,7,10,15,33H2,1-4H3,(H,34,36);1H/t27?,28-;/m0./s1. The zero-order valence-corrected chi connectivity index (χ0v) is 24.6. The number of carbonyl (C=O) groups excluding carboxylic acids is 3. The second-order valence-electron chi connectivity index (χ2n) is 10.3. The van der Waals surface area contributed by atoms with Gasteiger partial charge in [0, 0.05) is 33.9 Å². The second-order valence-corrected chi connectivity index (χ2v) is 10.7. The fraction of sp³-hybridized carbons (Fsp3) is 0.323. The Kier molecular flexibility index (Phi) is 10.4. The molecule has 9 heteroatoms. The molecule has 0 radical (unpaired) electrons. The summed E-state index contributed by atoms with van der Waals surface area (Å²) in [6.07, 6.45) is 0.599. The zero-order valence-electron chi connectivity index (χ0n) is 23.1. The number of hydrogen-bond donors (Lipinski definition) is 2. The molecule has 2 amide bonds. The van der Waals surface area contributed by atoms with E-state index >= 15 is 0 Å². The van der Waals surface area contributed by atoms with E-state index in [0.29, 0.717) is 52.5 Å². The van der Waals surface area contributed by atoms with Crippen LogP contribution in [0.5, 0.6) is 0 Å². The summed E-state index contributed by atoms with van der Waals surface area (Å²) in [6, 6.07) is 17.2. The first-order valence-electron chi connectivity index (χ1n) is 13.1. The Morgan fingerprint density at radius 2 is 1.73 bits per heavy atom. The summed E-state index contributed by atoms with van der Waals surface area (Å²) >= 11 is 6.32. The average Bonchev–Trinajstić information content (AvgIpc) is 3.07. The van der Waals surface area contributed by atoms with Crippen molar-refractivity contribution < 1.29 is 19.1 Å². The fourth-order valence-corrected chi connectivity index (χ4v) is 4.90. The third-order valence-corrected chi connectivity index (χ3v) is 7.31. The zero-order chi connectivity index (χ0) is 28.3. The van der Waals surface area contributed by atoms with E-state index in [0.717, 1.165) is 11.1 Å². The normalized spacial score (nSPS) is 15.4. The van der Waals surface area contributed by atoms with E-state index in [-0.39, 0.29) is 30.1 Å². The summed E-state index contributed by atoms with van der Waals surface area (Å²) in [5.41, 5.74) is 10.7. The quantitative estimate of drug-likeness (QED) is 0.317. The molecule has 0 fully saturated rings. The van der Waals surface area contributed by atoms with Gasteiger partial charge in [0.05, 0.1) is 5.69 Å². The molecule has 3 aromatic carbocycles. The van der Waals surface area contributed by atoms with E-state index in [2.05, 4.69) is 5.32 Å². The Bertz CT molecular complexity index is 1410. The van der Waals surface area contributed by atoms with Gasteiger partial charge in [-0.15, -0.1) is 12.4 Å². The van der Waals surface area contributed by atoms with Crippen LogP contribution in [-0.4, -0.2) is 30.4 Å². The Morgan fingerprint density at radius 3 is 2.40 bits per heavy atom. The van der Waals surface area contributed by atoms with Crippen LogP contribution in [0.4, 0.5) is 11.4 Å². The van der Waals surface area contributed by atoms with Crippen molar-refractivity contribution in [2.45, 2.75) is 52.7 Å². The molecule has 40 heavy (non-hydrogen) atoms. The average molecular weight is 585 g/mol. The van der Waals surface area contributed by atoms with E-state index in [4.69, 9.17) is 22.1 Å². The number of rotatable bonds is 6. The van der Waals surface area contributed by atoms with Crippen molar-refractivity contribution in [1.29, 1.82) is 0 Å². The summed E-state index contributed by atoms with van der Waals surface area (Å²) < 4.78 is 5.83. The summed E-state index contributed by atoms with van der Waals surface area (Å²) in [4.78, 5) is 41.0. The smallest absolute Gasteiger partial charge is 0.323 e. The van der Waals surface area contributed by atoms with Gasteiger partial charge in [0.25, 0.3) is 11.8 Å². The maximum atomic E-state index is 13.8. The predicted octanol–water partition coefficient (Wildman–Crippen LogP) is 6.64. The van der Waals surface area contributed by atoms with Gasteiger partial charge < -0.3 is 20.7 Å². The highest BCUT2D eigenvalue weighted by atomic mass is 35.5. The molecule has 7 nitrogen and oxygen atoms in total. The number of halogens is 2. The van der Waals surface area contributed by atoms with Crippen LogP contribution in [0, 0.1) is 19.8 Å². The molecule has 0 saturated heterocycles. The lowest BCUT2D eigenvalue weighted by atomic mass is 10.0. The van der Waals surface area contributed by atoms with Crippen LogP contribution in [0.15, 0.2) is 60.7 Å². The van der Waals surface area contributed by atoms with Gasteiger partial charge in [-0.05, 0) is 86.2 Å². The molecule has 1 unspecified atom stereocenters. The van der Waals surface area contributed by atoms with Gasteiger partial charge >= 0.3 is 5.97 Å². The van der Waals surface area contributed by atoms with Crippen molar-refractivity contribution in [2.75, 3.05) is 16.8 Å². The number of aryl methyl sites for hydroxylation is 2. The van der Waals surface area contributed by atoms with Gasteiger partial charge in [-0.3, -0.25) is 14.4 Å². The summed E-state index contributed by atoms with van der Waals surface area (Å²) in [6.45, 7) is 7.91. The highest BCUT2D eigenvalue weighted by molar-refractivity contribution is 6.30. The van der Waals surface area contributed by atoms with Crippen LogP contribution >= 0.6 is 24.0 Å². The molecule has 0 bridgehead atoms. The SMILES string of the molecule is Cc1ccccc1C(=O)Nc1ccc(C(=O)N2CCCC(OC(=O)[C@@H](N)C(C)C)c3cc(Cl)ccc32)c(C)c1.Cl. The fourth-order valence-electron chi connectivity index (χ4n) is 4.72. The Balaban J connectivity index is 0.00000441. The number of fused-ring (bicyclic) bond motifs is 1. The number of hydrogen-bond acceptors (Lipinski definition) is 5. The summed E-state index contributed by atoms with van der Waals surface area (Å²) in [5.74, 6) is -0.922. The van der Waals surface area contributed by atoms with Crippen LogP contribution in [0.2, 0.25) is 5.02 Å². The molecule has 3 aromatic rings. The van der Waals surface area contributed by atoms with Crippen LogP contribution in [0.1, 0.15) is 70.2 Å². The molecule has 0 aliphatic carbocycles. The number of nitrogens with two attached hydrogens (primary N) is 1. The van der Waals surface area contributed by atoms with E-state index in [1.165, 1.54) is 0 Å². The molecule has 3 N–H and O–H groups in total. The Morgan fingerprint density at radius 1 is 1.00 bits per heavy atom. The van der Waals surface area contributed by atoms with Crippen LogP contribution in [0.3, 0.4) is 0 Å². The number of anilines is 2. The summed E-state index contributed by atoms with van der Waals surface area (Å²) in [5, 5.41) is 3.41. The maximum absolute atomic E-state index is 13.8. The molecule has 0 aromatic heterocycles. The number of ether oxygens (including phenoxy) is 1. The molecule has 1 aliphatic heterocycles. The monoisotopic (exact) mass is 583 g/mol. The van der Waals surface area contributed by atoms with E-state index in [9.17, 15) is 14.4 Å².